The molecule has 0 aliphatic rings. The SMILES string of the molecule is CC(C)n1ncc(Br)c1C(O)c1ccnc2ccccc12. The molecular formula is C16H16BrN3O. The number of para-hydroxylation sites is 1. The first-order valence-electron chi connectivity index (χ1n) is 6.84. The highest BCUT2D eigenvalue weighted by Gasteiger charge is 2.22. The van der Waals surface area contributed by atoms with Gasteiger partial charge in [-0.15, -0.1) is 0 Å². The number of aliphatic hydroxyl groups is 1. The van der Waals surface area contributed by atoms with E-state index in [0.29, 0.717) is 0 Å². The van der Waals surface area contributed by atoms with Gasteiger partial charge in [-0.2, -0.15) is 5.10 Å². The van der Waals surface area contributed by atoms with E-state index in [1.807, 2.05) is 48.9 Å². The number of hydrogen-bond donors (Lipinski definition) is 1. The van der Waals surface area contributed by atoms with Gasteiger partial charge in [-0.25, -0.2) is 0 Å². The predicted octanol–water partition coefficient (Wildman–Crippen LogP) is 3.86. The zero-order chi connectivity index (χ0) is 15.0. The highest BCUT2D eigenvalue weighted by atomic mass is 79.9. The maximum absolute atomic E-state index is 10.9. The number of fused-ring (bicyclic) bond motifs is 1. The number of aromatic nitrogens is 3. The van der Waals surface area contributed by atoms with E-state index >= 15 is 0 Å². The van der Waals surface area contributed by atoms with Gasteiger partial charge in [-0.05, 0) is 47.5 Å². The largest absolute Gasteiger partial charge is 0.382 e. The van der Waals surface area contributed by atoms with Crippen LogP contribution in [0.5, 0.6) is 0 Å². The molecule has 0 fully saturated rings. The van der Waals surface area contributed by atoms with Gasteiger partial charge < -0.3 is 5.11 Å². The second-order valence-electron chi connectivity index (χ2n) is 5.24. The van der Waals surface area contributed by atoms with E-state index in [9.17, 15) is 5.11 Å². The Labute approximate surface area is 131 Å². The molecule has 0 radical (unpaired) electrons. The van der Waals surface area contributed by atoms with Gasteiger partial charge in [0.2, 0.25) is 0 Å². The summed E-state index contributed by atoms with van der Waals surface area (Å²) in [4.78, 5) is 4.34. The van der Waals surface area contributed by atoms with Crippen molar-refractivity contribution < 1.29 is 5.11 Å². The van der Waals surface area contributed by atoms with E-state index in [2.05, 4.69) is 26.0 Å². The normalized spacial score (nSPS) is 13.0. The summed E-state index contributed by atoms with van der Waals surface area (Å²) < 4.78 is 2.65. The molecule has 0 amide bonds. The average Bonchev–Trinajstić information content (AvgIpc) is 2.88. The summed E-state index contributed by atoms with van der Waals surface area (Å²) >= 11 is 3.49. The second kappa shape index (κ2) is 5.58. The van der Waals surface area contributed by atoms with Crippen LogP contribution in [-0.4, -0.2) is 19.9 Å². The molecule has 108 valence electrons. The van der Waals surface area contributed by atoms with Crippen molar-refractivity contribution in [1.82, 2.24) is 14.8 Å². The minimum Gasteiger partial charge on any atom is -0.382 e. The lowest BCUT2D eigenvalue weighted by molar-refractivity contribution is 0.205. The fourth-order valence-corrected chi connectivity index (χ4v) is 3.01. The summed E-state index contributed by atoms with van der Waals surface area (Å²) in [6.45, 7) is 4.08. The standard InChI is InChI=1S/C16H16BrN3O/c1-10(2)20-15(13(17)9-19-20)16(21)12-7-8-18-14-6-4-3-5-11(12)14/h3-10,16,21H,1-2H3. The third-order valence-electron chi connectivity index (χ3n) is 3.51. The zero-order valence-electron chi connectivity index (χ0n) is 11.9. The predicted molar refractivity (Wildman–Crippen MR) is 86.1 cm³/mol. The molecule has 0 bridgehead atoms. The molecule has 1 aromatic carbocycles. The van der Waals surface area contributed by atoms with Crippen LogP contribution in [0.15, 0.2) is 47.2 Å². The third kappa shape index (κ3) is 2.47. The summed E-state index contributed by atoms with van der Waals surface area (Å²) in [6, 6.07) is 9.85. The van der Waals surface area contributed by atoms with Crippen LogP contribution in [0, 0.1) is 0 Å². The van der Waals surface area contributed by atoms with E-state index in [1.54, 1.807) is 12.4 Å². The second-order valence-corrected chi connectivity index (χ2v) is 6.09. The van der Waals surface area contributed by atoms with Crippen molar-refractivity contribution >= 4 is 26.8 Å². The minimum absolute atomic E-state index is 0.175. The van der Waals surface area contributed by atoms with Crippen molar-refractivity contribution in [2.24, 2.45) is 0 Å². The number of pyridine rings is 1. The van der Waals surface area contributed by atoms with E-state index in [4.69, 9.17) is 0 Å². The summed E-state index contributed by atoms with van der Waals surface area (Å²) in [5.74, 6) is 0. The zero-order valence-corrected chi connectivity index (χ0v) is 13.4. The molecule has 1 unspecified atom stereocenters. The van der Waals surface area contributed by atoms with Gasteiger partial charge in [0.25, 0.3) is 0 Å². The first-order chi connectivity index (χ1) is 10.1. The Balaban J connectivity index is 2.17. The van der Waals surface area contributed by atoms with Crippen LogP contribution < -0.4 is 0 Å². The van der Waals surface area contributed by atoms with Crippen LogP contribution in [0.25, 0.3) is 10.9 Å². The maximum Gasteiger partial charge on any atom is 0.123 e. The lowest BCUT2D eigenvalue weighted by Crippen LogP contribution is -2.13. The molecule has 21 heavy (non-hydrogen) atoms. The van der Waals surface area contributed by atoms with Gasteiger partial charge in [-0.1, -0.05) is 18.2 Å². The van der Waals surface area contributed by atoms with Crippen LogP contribution in [0.4, 0.5) is 0 Å². The maximum atomic E-state index is 10.9. The van der Waals surface area contributed by atoms with Crippen LogP contribution in [0.2, 0.25) is 0 Å². The Morgan fingerprint density at radius 1 is 1.19 bits per heavy atom. The molecule has 1 N–H and O–H groups in total. The molecule has 4 nitrogen and oxygen atoms in total. The molecule has 0 saturated heterocycles. The third-order valence-corrected chi connectivity index (χ3v) is 4.12. The average molecular weight is 346 g/mol. The quantitative estimate of drug-likeness (QED) is 0.784. The molecule has 2 aromatic heterocycles. The fourth-order valence-electron chi connectivity index (χ4n) is 2.52. The van der Waals surface area contributed by atoms with Crippen molar-refractivity contribution in [3.8, 4) is 0 Å². The van der Waals surface area contributed by atoms with Gasteiger partial charge in [0, 0.05) is 17.6 Å². The lowest BCUT2D eigenvalue weighted by Gasteiger charge is -2.18. The molecule has 0 saturated carbocycles. The van der Waals surface area contributed by atoms with Crippen LogP contribution in [-0.2, 0) is 0 Å². The number of hydrogen-bond acceptors (Lipinski definition) is 3. The van der Waals surface area contributed by atoms with Crippen LogP contribution >= 0.6 is 15.9 Å². The Hall–Kier alpha value is -1.72. The highest BCUT2D eigenvalue weighted by molar-refractivity contribution is 9.10. The smallest absolute Gasteiger partial charge is 0.123 e. The summed E-state index contributed by atoms with van der Waals surface area (Å²) in [5, 5.41) is 16.2. The van der Waals surface area contributed by atoms with E-state index in [1.165, 1.54) is 0 Å². The van der Waals surface area contributed by atoms with E-state index in [-0.39, 0.29) is 6.04 Å². The van der Waals surface area contributed by atoms with Crippen LogP contribution in [0.3, 0.4) is 0 Å². The molecule has 3 rings (SSSR count). The van der Waals surface area contributed by atoms with Crippen molar-refractivity contribution in [3.05, 3.63) is 58.5 Å². The number of benzene rings is 1. The Bertz CT molecular complexity index is 777. The van der Waals surface area contributed by atoms with Gasteiger partial charge in [0.1, 0.15) is 6.10 Å². The monoisotopic (exact) mass is 345 g/mol. The van der Waals surface area contributed by atoms with Gasteiger partial charge in [0.15, 0.2) is 0 Å². The van der Waals surface area contributed by atoms with E-state index < -0.39 is 6.10 Å². The molecule has 5 heteroatoms. The van der Waals surface area contributed by atoms with Gasteiger partial charge >= 0.3 is 0 Å². The Morgan fingerprint density at radius 3 is 2.71 bits per heavy atom. The minimum atomic E-state index is -0.753. The van der Waals surface area contributed by atoms with Crippen molar-refractivity contribution in [2.45, 2.75) is 26.0 Å². The lowest BCUT2D eigenvalue weighted by atomic mass is 10.0. The topological polar surface area (TPSA) is 50.9 Å². The molecule has 3 aromatic rings. The van der Waals surface area contributed by atoms with Crippen molar-refractivity contribution in [2.75, 3.05) is 0 Å². The summed E-state index contributed by atoms with van der Waals surface area (Å²) in [7, 11) is 0. The summed E-state index contributed by atoms with van der Waals surface area (Å²) in [6.07, 6.45) is 2.70. The van der Waals surface area contributed by atoms with Crippen LogP contribution in [0.1, 0.15) is 37.3 Å². The first kappa shape index (κ1) is 14.2. The molecular weight excluding hydrogens is 330 g/mol. The summed E-state index contributed by atoms with van der Waals surface area (Å²) in [5.41, 5.74) is 2.48. The molecule has 0 spiro atoms. The van der Waals surface area contributed by atoms with Gasteiger partial charge in [0.05, 0.1) is 21.9 Å². The number of halogens is 1. The number of nitrogens with zero attached hydrogens (tertiary/aromatic N) is 3. The molecule has 2 heterocycles. The Kier molecular flexibility index (Phi) is 3.78. The fraction of sp³-hybridized carbons (Fsp3) is 0.250. The Morgan fingerprint density at radius 2 is 1.95 bits per heavy atom. The number of rotatable bonds is 3. The van der Waals surface area contributed by atoms with E-state index in [0.717, 1.165) is 26.6 Å². The molecule has 0 aliphatic heterocycles. The van der Waals surface area contributed by atoms with Crippen molar-refractivity contribution in [1.29, 1.82) is 0 Å². The number of aliphatic hydroxyl groups excluding tert-OH is 1. The molecule has 0 aliphatic carbocycles. The first-order valence-corrected chi connectivity index (χ1v) is 7.63. The van der Waals surface area contributed by atoms with Crippen molar-refractivity contribution in [3.63, 3.8) is 0 Å². The van der Waals surface area contributed by atoms with Gasteiger partial charge in [-0.3, -0.25) is 9.67 Å². The highest BCUT2D eigenvalue weighted by Crippen LogP contribution is 2.33. The molecule has 1 atom stereocenters.